The quantitative estimate of drug-likeness (QED) is 0.703. The molecule has 0 saturated carbocycles. The molecule has 0 radical (unpaired) electrons. The molecule has 0 atom stereocenters. The zero-order valence-electron chi connectivity index (χ0n) is 16.5. The van der Waals surface area contributed by atoms with Crippen LogP contribution in [-0.2, 0) is 17.9 Å². The van der Waals surface area contributed by atoms with Gasteiger partial charge in [0.1, 0.15) is 11.6 Å². The molecule has 0 aliphatic heterocycles. The molecule has 144 valence electrons. The fourth-order valence-corrected chi connectivity index (χ4v) is 2.57. The van der Waals surface area contributed by atoms with Crippen LogP contribution in [-0.4, -0.2) is 20.9 Å². The van der Waals surface area contributed by atoms with E-state index in [-0.39, 0.29) is 5.91 Å². The summed E-state index contributed by atoms with van der Waals surface area (Å²) < 4.78 is 0. The molecule has 0 aliphatic rings. The first-order valence-electron chi connectivity index (χ1n) is 9.25. The number of pyridine rings is 3. The van der Waals surface area contributed by atoms with Gasteiger partial charge in [0.05, 0.1) is 24.5 Å². The van der Waals surface area contributed by atoms with Gasteiger partial charge >= 0.3 is 0 Å². The highest BCUT2D eigenvalue weighted by Crippen LogP contribution is 2.21. The first-order valence-corrected chi connectivity index (χ1v) is 9.25. The van der Waals surface area contributed by atoms with E-state index in [0.717, 1.165) is 17.2 Å². The van der Waals surface area contributed by atoms with Crippen molar-refractivity contribution in [2.45, 2.75) is 33.9 Å². The summed E-state index contributed by atoms with van der Waals surface area (Å²) in [4.78, 5) is 27.9. The summed E-state index contributed by atoms with van der Waals surface area (Å²) >= 11 is 0. The Morgan fingerprint density at radius 1 is 0.893 bits per heavy atom. The van der Waals surface area contributed by atoms with Gasteiger partial charge in [-0.25, -0.2) is 4.98 Å². The number of carbonyl (C=O) groups is 1. The third-order valence-electron chi connectivity index (χ3n) is 4.14. The summed E-state index contributed by atoms with van der Waals surface area (Å²) in [6.45, 7) is 6.80. The largest absolute Gasteiger partial charge is 0.345 e. The van der Waals surface area contributed by atoms with Gasteiger partial charge in [-0.05, 0) is 36.4 Å². The lowest BCUT2D eigenvalue weighted by atomic mass is 9.96. The summed E-state index contributed by atoms with van der Waals surface area (Å²) in [5, 5.41) is 2.90. The zero-order valence-corrected chi connectivity index (χ0v) is 16.5. The minimum atomic E-state index is -0.487. The standard InChI is InChI=1S/C22H25N5O/c1-22(2,3)21(28)26-19-11-8-12-20(25-19)27(15-17-9-4-6-13-23-17)16-18-10-5-7-14-24-18/h4-14H,15-16H2,1-3H3,(H,25,26,28). The van der Waals surface area contributed by atoms with E-state index < -0.39 is 5.41 Å². The van der Waals surface area contributed by atoms with Crippen molar-refractivity contribution in [2.75, 3.05) is 10.2 Å². The SMILES string of the molecule is CC(C)(C)C(=O)Nc1cccc(N(Cc2ccccn2)Cc2ccccn2)n1. The van der Waals surface area contributed by atoms with Crippen molar-refractivity contribution >= 4 is 17.5 Å². The molecule has 6 nitrogen and oxygen atoms in total. The predicted octanol–water partition coefficient (Wildman–Crippen LogP) is 4.06. The Labute approximate surface area is 165 Å². The molecule has 3 heterocycles. The number of aromatic nitrogens is 3. The molecule has 3 rings (SSSR count). The molecular weight excluding hydrogens is 350 g/mol. The summed E-state index contributed by atoms with van der Waals surface area (Å²) in [6, 6.07) is 17.3. The third kappa shape index (κ3) is 5.36. The van der Waals surface area contributed by atoms with Gasteiger partial charge in [0.2, 0.25) is 5.91 Å². The van der Waals surface area contributed by atoms with Gasteiger partial charge in [0, 0.05) is 17.8 Å². The van der Waals surface area contributed by atoms with Gasteiger partial charge in [-0.3, -0.25) is 14.8 Å². The number of carbonyl (C=O) groups excluding carboxylic acids is 1. The number of hydrogen-bond acceptors (Lipinski definition) is 5. The second-order valence-electron chi connectivity index (χ2n) is 7.58. The molecule has 3 aromatic heterocycles. The molecule has 3 aromatic rings. The molecule has 0 saturated heterocycles. The first kappa shape index (κ1) is 19.5. The number of anilines is 2. The Bertz CT molecular complexity index is 865. The Balaban J connectivity index is 1.86. The van der Waals surface area contributed by atoms with Crippen molar-refractivity contribution in [3.8, 4) is 0 Å². The maximum atomic E-state index is 12.3. The molecule has 6 heteroatoms. The lowest BCUT2D eigenvalue weighted by Crippen LogP contribution is -2.29. The van der Waals surface area contributed by atoms with Crippen LogP contribution in [0.4, 0.5) is 11.6 Å². The maximum Gasteiger partial charge on any atom is 0.230 e. The second-order valence-corrected chi connectivity index (χ2v) is 7.58. The number of hydrogen-bond donors (Lipinski definition) is 1. The van der Waals surface area contributed by atoms with Crippen LogP contribution in [0.1, 0.15) is 32.2 Å². The van der Waals surface area contributed by atoms with E-state index >= 15 is 0 Å². The van der Waals surface area contributed by atoms with Crippen molar-refractivity contribution < 1.29 is 4.79 Å². The molecule has 0 unspecified atom stereocenters. The average Bonchev–Trinajstić information content (AvgIpc) is 2.68. The topological polar surface area (TPSA) is 71.0 Å². The molecule has 0 spiro atoms. The van der Waals surface area contributed by atoms with Gasteiger partial charge in [-0.15, -0.1) is 0 Å². The van der Waals surface area contributed by atoms with Crippen LogP contribution in [0.3, 0.4) is 0 Å². The molecule has 28 heavy (non-hydrogen) atoms. The van der Waals surface area contributed by atoms with E-state index in [4.69, 9.17) is 0 Å². The van der Waals surface area contributed by atoms with Gasteiger partial charge in [-0.1, -0.05) is 39.0 Å². The average molecular weight is 375 g/mol. The van der Waals surface area contributed by atoms with E-state index in [9.17, 15) is 4.79 Å². The minimum Gasteiger partial charge on any atom is -0.345 e. The van der Waals surface area contributed by atoms with Crippen LogP contribution in [0.2, 0.25) is 0 Å². The van der Waals surface area contributed by atoms with E-state index in [1.165, 1.54) is 0 Å². The van der Waals surface area contributed by atoms with Crippen molar-refractivity contribution in [2.24, 2.45) is 5.41 Å². The molecule has 0 aromatic carbocycles. The number of nitrogens with one attached hydrogen (secondary N) is 1. The summed E-state index contributed by atoms with van der Waals surface area (Å²) in [5.74, 6) is 1.21. The Morgan fingerprint density at radius 2 is 1.50 bits per heavy atom. The number of amides is 1. The third-order valence-corrected chi connectivity index (χ3v) is 4.14. The molecule has 0 fully saturated rings. The fraction of sp³-hybridized carbons (Fsp3) is 0.273. The summed E-state index contributed by atoms with van der Waals surface area (Å²) in [7, 11) is 0. The second kappa shape index (κ2) is 8.61. The normalized spacial score (nSPS) is 11.1. The predicted molar refractivity (Wildman–Crippen MR) is 111 cm³/mol. The van der Waals surface area contributed by atoms with Crippen LogP contribution in [0.25, 0.3) is 0 Å². The van der Waals surface area contributed by atoms with E-state index in [2.05, 4.69) is 25.2 Å². The first-order chi connectivity index (χ1) is 13.4. The Hall–Kier alpha value is -3.28. The van der Waals surface area contributed by atoms with Gasteiger partial charge in [0.25, 0.3) is 0 Å². The van der Waals surface area contributed by atoms with Crippen LogP contribution in [0.15, 0.2) is 67.0 Å². The molecular formula is C22H25N5O. The minimum absolute atomic E-state index is 0.0712. The van der Waals surface area contributed by atoms with Crippen molar-refractivity contribution in [1.82, 2.24) is 15.0 Å². The van der Waals surface area contributed by atoms with Gasteiger partial charge in [0.15, 0.2) is 0 Å². The fourth-order valence-electron chi connectivity index (χ4n) is 2.57. The number of nitrogens with zero attached hydrogens (tertiary/aromatic N) is 4. The highest BCUT2D eigenvalue weighted by Gasteiger charge is 2.22. The Kier molecular flexibility index (Phi) is 5.99. The maximum absolute atomic E-state index is 12.3. The van der Waals surface area contributed by atoms with Crippen LogP contribution < -0.4 is 10.2 Å². The van der Waals surface area contributed by atoms with Crippen molar-refractivity contribution in [1.29, 1.82) is 0 Å². The number of rotatable bonds is 6. The smallest absolute Gasteiger partial charge is 0.230 e. The van der Waals surface area contributed by atoms with Crippen molar-refractivity contribution in [3.63, 3.8) is 0 Å². The molecule has 0 aliphatic carbocycles. The molecule has 1 N–H and O–H groups in total. The molecule has 0 bridgehead atoms. The van der Waals surface area contributed by atoms with Crippen LogP contribution in [0, 0.1) is 5.41 Å². The van der Waals surface area contributed by atoms with E-state index in [1.807, 2.05) is 69.3 Å². The summed E-state index contributed by atoms with van der Waals surface area (Å²) in [5.41, 5.74) is 1.38. The van der Waals surface area contributed by atoms with Gasteiger partial charge < -0.3 is 10.2 Å². The van der Waals surface area contributed by atoms with E-state index in [0.29, 0.717) is 18.9 Å². The summed E-state index contributed by atoms with van der Waals surface area (Å²) in [6.07, 6.45) is 3.56. The zero-order chi connectivity index (χ0) is 20.0. The van der Waals surface area contributed by atoms with E-state index in [1.54, 1.807) is 18.5 Å². The van der Waals surface area contributed by atoms with Crippen LogP contribution >= 0.6 is 0 Å². The van der Waals surface area contributed by atoms with Crippen molar-refractivity contribution in [3.05, 3.63) is 78.4 Å². The monoisotopic (exact) mass is 375 g/mol. The Morgan fingerprint density at radius 3 is 2.00 bits per heavy atom. The molecule has 1 amide bonds. The van der Waals surface area contributed by atoms with Gasteiger partial charge in [-0.2, -0.15) is 0 Å². The lowest BCUT2D eigenvalue weighted by Gasteiger charge is -2.24. The van der Waals surface area contributed by atoms with Crippen LogP contribution in [0.5, 0.6) is 0 Å². The highest BCUT2D eigenvalue weighted by molar-refractivity contribution is 5.93. The lowest BCUT2D eigenvalue weighted by molar-refractivity contribution is -0.123. The highest BCUT2D eigenvalue weighted by atomic mass is 16.2.